The third-order valence-corrected chi connectivity index (χ3v) is 9.32. The number of allylic oxidation sites excluding steroid dienone is 1. The maximum absolute atomic E-state index is 13.4. The number of rotatable bonds is 6. The highest BCUT2D eigenvalue weighted by Gasteiger charge is 2.35. The molecule has 6 bridgehead atoms. The van der Waals surface area contributed by atoms with Gasteiger partial charge < -0.3 is 19.3 Å². The lowest BCUT2D eigenvalue weighted by molar-refractivity contribution is -0.122. The van der Waals surface area contributed by atoms with E-state index in [0.29, 0.717) is 43.3 Å². The Balaban J connectivity index is 1.22. The van der Waals surface area contributed by atoms with Gasteiger partial charge >= 0.3 is 0 Å². The third-order valence-electron chi connectivity index (χ3n) is 9.32. The summed E-state index contributed by atoms with van der Waals surface area (Å²) < 4.78 is 18.1. The van der Waals surface area contributed by atoms with Crippen LogP contribution in [0.1, 0.15) is 67.2 Å². The number of methoxy groups -OCH3 is 1. The largest absolute Gasteiger partial charge is 0.508 e. The van der Waals surface area contributed by atoms with Crippen LogP contribution in [0.25, 0.3) is 10.8 Å². The smallest absolute Gasteiger partial charge is 0.161 e. The number of hydrogen-bond acceptors (Lipinski definition) is 5. The lowest BCUT2D eigenvalue weighted by Gasteiger charge is -2.33. The van der Waals surface area contributed by atoms with Crippen molar-refractivity contribution in [1.29, 1.82) is 0 Å². The second kappa shape index (κ2) is 14.6. The van der Waals surface area contributed by atoms with E-state index in [1.165, 1.54) is 18.4 Å². The number of carbonyl (C=O) groups excluding carboxylic acids is 1. The lowest BCUT2D eigenvalue weighted by atomic mass is 9.79. The van der Waals surface area contributed by atoms with Crippen molar-refractivity contribution in [2.75, 3.05) is 7.11 Å². The highest BCUT2D eigenvalue weighted by Crippen LogP contribution is 2.36. The molecule has 5 nitrogen and oxygen atoms in total. The molecule has 0 unspecified atom stereocenters. The van der Waals surface area contributed by atoms with Gasteiger partial charge in [0.1, 0.15) is 29.8 Å². The summed E-state index contributed by atoms with van der Waals surface area (Å²) in [5.74, 6) is 5.26. The van der Waals surface area contributed by atoms with Gasteiger partial charge in [-0.1, -0.05) is 73.0 Å². The van der Waals surface area contributed by atoms with Crippen LogP contribution in [0.4, 0.5) is 0 Å². The Hall–Kier alpha value is -4.69. The molecule has 1 spiro atoms. The number of aryl methyl sites for hydroxylation is 2. The number of Topliss-reactive ketones (excluding diaryl/α,β-unsaturated/α-hetero) is 1. The van der Waals surface area contributed by atoms with Crippen LogP contribution in [0.15, 0.2) is 91.0 Å². The second-order valence-corrected chi connectivity index (χ2v) is 12.6. The van der Waals surface area contributed by atoms with E-state index in [1.807, 2.05) is 36.4 Å². The molecule has 2 aliphatic heterocycles. The summed E-state index contributed by atoms with van der Waals surface area (Å²) in [4.78, 5) is 13.4. The summed E-state index contributed by atoms with van der Waals surface area (Å²) in [5.41, 5.74) is 3.41. The molecule has 0 saturated carbocycles. The third kappa shape index (κ3) is 7.74. The van der Waals surface area contributed by atoms with Crippen LogP contribution in [0.3, 0.4) is 0 Å². The molecule has 7 rings (SSSR count). The van der Waals surface area contributed by atoms with Crippen LogP contribution in [0, 0.1) is 17.9 Å². The van der Waals surface area contributed by atoms with Crippen molar-refractivity contribution >= 4 is 16.6 Å². The van der Waals surface area contributed by atoms with Crippen LogP contribution >= 0.6 is 0 Å². The van der Waals surface area contributed by atoms with Crippen LogP contribution in [-0.2, 0) is 35.4 Å². The number of hydrogen-bond donors (Lipinski definition) is 1. The molecule has 1 N–H and O–H groups in total. The normalized spacial score (nSPS) is 19.8. The molecule has 4 aromatic rings. The Morgan fingerprint density at radius 2 is 1.85 bits per heavy atom. The number of fused-ring (bicyclic) bond motifs is 7. The maximum atomic E-state index is 13.4. The molecule has 3 aliphatic rings. The van der Waals surface area contributed by atoms with E-state index >= 15 is 0 Å². The quantitative estimate of drug-likeness (QED) is 0.134. The van der Waals surface area contributed by atoms with Crippen molar-refractivity contribution in [3.8, 4) is 29.3 Å². The van der Waals surface area contributed by atoms with E-state index in [1.54, 1.807) is 13.2 Å². The average molecular weight is 615 g/mol. The highest BCUT2D eigenvalue weighted by atomic mass is 16.5. The van der Waals surface area contributed by atoms with Gasteiger partial charge in [-0.25, -0.2) is 0 Å². The molecule has 0 amide bonds. The Morgan fingerprint density at radius 3 is 2.67 bits per heavy atom. The maximum Gasteiger partial charge on any atom is 0.161 e. The number of carbonyl (C=O) groups is 1. The second-order valence-electron chi connectivity index (χ2n) is 12.6. The van der Waals surface area contributed by atoms with Crippen molar-refractivity contribution in [2.45, 2.75) is 76.4 Å². The SMILES string of the molecule is COc1ccc2cc1OCc1ccc3c(c(O)ccc3c1)CC#CO[C@]1(C=C[C@H](CCCCc3ccccc3)CC1)CC(=O)CC2. The van der Waals surface area contributed by atoms with E-state index in [2.05, 4.69) is 60.6 Å². The van der Waals surface area contributed by atoms with Gasteiger partial charge in [-0.15, -0.1) is 0 Å². The number of benzene rings is 4. The molecule has 4 aromatic carbocycles. The van der Waals surface area contributed by atoms with Crippen LogP contribution in [-0.4, -0.2) is 23.6 Å². The van der Waals surface area contributed by atoms with Gasteiger partial charge in [0.05, 0.1) is 13.5 Å². The zero-order chi connectivity index (χ0) is 31.8. The molecule has 46 heavy (non-hydrogen) atoms. The summed E-state index contributed by atoms with van der Waals surface area (Å²) in [6.07, 6.45) is 15.2. The van der Waals surface area contributed by atoms with Gasteiger partial charge in [-0.05, 0) is 102 Å². The van der Waals surface area contributed by atoms with E-state index in [9.17, 15) is 9.90 Å². The number of phenolic OH excluding ortho intramolecular Hbond substituents is 1. The average Bonchev–Trinajstić information content (AvgIpc) is 3.08. The number of unbranched alkanes of at least 4 members (excludes halogenated alkanes) is 1. The molecular weight excluding hydrogens is 572 g/mol. The number of aromatic hydroxyl groups is 1. The molecule has 0 aromatic heterocycles. The molecule has 2 heterocycles. The Kier molecular flexibility index (Phi) is 9.94. The molecule has 1 aliphatic carbocycles. The first kappa shape index (κ1) is 31.3. The molecule has 236 valence electrons. The fourth-order valence-corrected chi connectivity index (χ4v) is 6.64. The first-order valence-corrected chi connectivity index (χ1v) is 16.4. The molecular formula is C41H42O5. The topological polar surface area (TPSA) is 65.0 Å². The summed E-state index contributed by atoms with van der Waals surface area (Å²) in [5, 5.41) is 12.7. The predicted octanol–water partition coefficient (Wildman–Crippen LogP) is 8.68. The molecule has 0 radical (unpaired) electrons. The van der Waals surface area contributed by atoms with Crippen LogP contribution in [0.2, 0.25) is 0 Å². The molecule has 0 fully saturated rings. The zero-order valence-electron chi connectivity index (χ0n) is 26.6. The molecule has 5 heteroatoms. The summed E-state index contributed by atoms with van der Waals surface area (Å²) in [7, 11) is 1.63. The highest BCUT2D eigenvalue weighted by molar-refractivity contribution is 5.88. The van der Waals surface area contributed by atoms with E-state index in [0.717, 1.165) is 53.1 Å². The molecule has 2 atom stereocenters. The zero-order valence-corrected chi connectivity index (χ0v) is 26.6. The van der Waals surface area contributed by atoms with Crippen LogP contribution < -0.4 is 9.47 Å². The minimum Gasteiger partial charge on any atom is -0.508 e. The van der Waals surface area contributed by atoms with E-state index < -0.39 is 5.60 Å². The van der Waals surface area contributed by atoms with Gasteiger partial charge in [0.2, 0.25) is 0 Å². The van der Waals surface area contributed by atoms with Crippen molar-refractivity contribution in [3.63, 3.8) is 0 Å². The minimum atomic E-state index is -0.753. The Labute approximate surface area is 272 Å². The first-order chi connectivity index (χ1) is 22.5. The van der Waals surface area contributed by atoms with Gasteiger partial charge in [0.25, 0.3) is 0 Å². The van der Waals surface area contributed by atoms with Crippen molar-refractivity contribution in [3.05, 3.63) is 113 Å². The predicted molar refractivity (Wildman–Crippen MR) is 182 cm³/mol. The van der Waals surface area contributed by atoms with E-state index in [4.69, 9.17) is 14.2 Å². The number of phenols is 1. The first-order valence-electron chi connectivity index (χ1n) is 16.4. The van der Waals surface area contributed by atoms with Crippen molar-refractivity contribution < 1.29 is 24.1 Å². The van der Waals surface area contributed by atoms with Gasteiger partial charge in [0.15, 0.2) is 11.5 Å². The Bertz CT molecular complexity index is 1760. The summed E-state index contributed by atoms with van der Waals surface area (Å²) in [6.45, 7) is 0.363. The van der Waals surface area contributed by atoms with Gasteiger partial charge in [0, 0.05) is 18.4 Å². The monoisotopic (exact) mass is 614 g/mol. The fraction of sp³-hybridized carbons (Fsp3) is 0.341. The van der Waals surface area contributed by atoms with Gasteiger partial charge in [-0.3, -0.25) is 4.79 Å². The van der Waals surface area contributed by atoms with E-state index in [-0.39, 0.29) is 18.0 Å². The lowest BCUT2D eigenvalue weighted by Crippen LogP contribution is -2.35. The standard InChI is InChI=1S/C41H42O5/c1-44-39-20-15-32-13-17-35(42)28-41(23-21-31(22-24-41)11-6-5-10-30-8-3-2-4-9-30)46-25-7-12-37-36-18-14-33(29-45-40(39)27-32)26-34(36)16-19-38(37)43/h2-4,8-9,14-16,18-21,23,26-27,31,43H,5-6,10-13,17,22,24,28-29H2,1H3/t31-,41-/m0/s1. The Morgan fingerprint density at radius 1 is 0.978 bits per heavy atom. The van der Waals surface area contributed by atoms with Crippen molar-refractivity contribution in [2.24, 2.45) is 5.92 Å². The summed E-state index contributed by atoms with van der Waals surface area (Å²) >= 11 is 0. The van der Waals surface area contributed by atoms with Crippen LogP contribution in [0.5, 0.6) is 17.2 Å². The number of ether oxygens (including phenoxy) is 3. The molecule has 0 saturated heterocycles. The van der Waals surface area contributed by atoms with Gasteiger partial charge in [-0.2, -0.15) is 0 Å². The number of ketones is 1. The minimum absolute atomic E-state index is 0.143. The van der Waals surface area contributed by atoms with Crippen molar-refractivity contribution in [1.82, 2.24) is 0 Å². The fourth-order valence-electron chi connectivity index (χ4n) is 6.64. The summed E-state index contributed by atoms with van der Waals surface area (Å²) in [6, 6.07) is 26.2.